The lowest BCUT2D eigenvalue weighted by atomic mass is 10.2. The Morgan fingerprint density at radius 2 is 1.56 bits per heavy atom. The third-order valence-corrected chi connectivity index (χ3v) is 4.52. The van der Waals surface area contributed by atoms with Crippen molar-refractivity contribution < 1.29 is 9.59 Å². The molecule has 25 heavy (non-hydrogen) atoms. The molecule has 0 atom stereocenters. The molecule has 0 aliphatic carbocycles. The number of amides is 3. The van der Waals surface area contributed by atoms with Crippen LogP contribution >= 0.6 is 23.2 Å². The van der Waals surface area contributed by atoms with Gasteiger partial charge in [-0.2, -0.15) is 0 Å². The van der Waals surface area contributed by atoms with E-state index in [1.54, 1.807) is 41.6 Å². The second-order valence-corrected chi connectivity index (χ2v) is 6.37. The van der Waals surface area contributed by atoms with E-state index in [-0.39, 0.29) is 0 Å². The van der Waals surface area contributed by atoms with Gasteiger partial charge in [-0.25, -0.2) is 4.79 Å². The van der Waals surface area contributed by atoms with Crippen LogP contribution in [0.3, 0.4) is 0 Å². The summed E-state index contributed by atoms with van der Waals surface area (Å²) < 4.78 is 0. The van der Waals surface area contributed by atoms with Crippen LogP contribution in [-0.2, 0) is 0 Å². The van der Waals surface area contributed by atoms with Gasteiger partial charge >= 0.3 is 6.03 Å². The zero-order valence-corrected chi connectivity index (χ0v) is 14.8. The van der Waals surface area contributed by atoms with Gasteiger partial charge in [0.15, 0.2) is 0 Å². The van der Waals surface area contributed by atoms with Crippen molar-refractivity contribution in [2.75, 3.05) is 31.1 Å². The maximum atomic E-state index is 12.3. The molecule has 1 saturated heterocycles. The summed E-state index contributed by atoms with van der Waals surface area (Å²) in [5.41, 5.74) is 1.17. The first-order chi connectivity index (χ1) is 12.1. The number of hydrogen-bond donors (Lipinski definition) is 1. The van der Waals surface area contributed by atoms with Crippen molar-refractivity contribution in [1.29, 1.82) is 0 Å². The van der Waals surface area contributed by atoms with Crippen LogP contribution in [0.5, 0.6) is 0 Å². The molecular formula is C17H16Cl2N4O2. The quantitative estimate of drug-likeness (QED) is 0.871. The fourth-order valence-corrected chi connectivity index (χ4v) is 3.28. The van der Waals surface area contributed by atoms with Crippen LogP contribution in [0.4, 0.5) is 10.5 Å². The summed E-state index contributed by atoms with van der Waals surface area (Å²) in [6, 6.07) is 8.23. The molecule has 130 valence electrons. The third-order valence-electron chi connectivity index (χ3n) is 3.97. The molecule has 0 radical (unpaired) electrons. The Hall–Kier alpha value is -2.31. The number of piperazine rings is 1. The lowest BCUT2D eigenvalue weighted by Gasteiger charge is -2.36. The number of nitrogens with zero attached hydrogens (tertiary/aromatic N) is 3. The molecule has 0 saturated carbocycles. The number of rotatable bonds is 2. The molecule has 0 bridgehead atoms. The van der Waals surface area contributed by atoms with Crippen LogP contribution in [0.1, 0.15) is 10.4 Å². The molecule has 1 fully saturated rings. The number of urea groups is 1. The number of pyridine rings is 1. The number of carbonyl (C=O) groups excluding carboxylic acids is 2. The lowest BCUT2D eigenvalue weighted by Crippen LogP contribution is -2.53. The molecule has 1 aliphatic rings. The van der Waals surface area contributed by atoms with Crippen molar-refractivity contribution in [2.45, 2.75) is 0 Å². The Morgan fingerprint density at radius 3 is 2.16 bits per heavy atom. The molecule has 8 heteroatoms. The summed E-state index contributed by atoms with van der Waals surface area (Å²) in [5, 5.41) is 3.36. The van der Waals surface area contributed by atoms with E-state index in [0.717, 1.165) is 5.69 Å². The van der Waals surface area contributed by atoms with E-state index in [9.17, 15) is 9.59 Å². The van der Waals surface area contributed by atoms with E-state index in [2.05, 4.69) is 10.3 Å². The van der Waals surface area contributed by atoms with E-state index < -0.39 is 11.9 Å². The van der Waals surface area contributed by atoms with E-state index in [4.69, 9.17) is 23.2 Å². The van der Waals surface area contributed by atoms with Gasteiger partial charge in [-0.05, 0) is 12.1 Å². The van der Waals surface area contributed by atoms with Gasteiger partial charge in [0.05, 0.1) is 15.7 Å². The van der Waals surface area contributed by atoms with Gasteiger partial charge < -0.3 is 9.80 Å². The zero-order valence-electron chi connectivity index (χ0n) is 13.3. The molecule has 1 N–H and O–H groups in total. The SMILES string of the molecule is O=C(NC(=O)N1CCN(c2c(Cl)cncc2Cl)CC1)c1ccccc1. The molecule has 3 rings (SSSR count). The lowest BCUT2D eigenvalue weighted by molar-refractivity contribution is 0.0951. The fraction of sp³-hybridized carbons (Fsp3) is 0.235. The van der Waals surface area contributed by atoms with E-state index in [1.807, 2.05) is 11.0 Å². The summed E-state index contributed by atoms with van der Waals surface area (Å²) >= 11 is 12.3. The first-order valence-corrected chi connectivity index (χ1v) is 8.51. The summed E-state index contributed by atoms with van der Waals surface area (Å²) in [4.78, 5) is 31.9. The first-order valence-electron chi connectivity index (χ1n) is 7.75. The average Bonchev–Trinajstić information content (AvgIpc) is 2.63. The van der Waals surface area contributed by atoms with Crippen LogP contribution in [0.2, 0.25) is 10.0 Å². The van der Waals surface area contributed by atoms with Gasteiger partial charge in [-0.15, -0.1) is 0 Å². The van der Waals surface area contributed by atoms with Crippen LogP contribution < -0.4 is 10.2 Å². The third kappa shape index (κ3) is 4.03. The molecule has 6 nitrogen and oxygen atoms in total. The Morgan fingerprint density at radius 1 is 0.960 bits per heavy atom. The largest absolute Gasteiger partial charge is 0.365 e. The fourth-order valence-electron chi connectivity index (χ4n) is 2.68. The van der Waals surface area contributed by atoms with Crippen molar-refractivity contribution in [1.82, 2.24) is 15.2 Å². The molecule has 3 amide bonds. The molecule has 1 aromatic carbocycles. The number of nitrogens with one attached hydrogen (secondary N) is 1. The number of hydrogen-bond acceptors (Lipinski definition) is 4. The Balaban J connectivity index is 1.59. The Labute approximate surface area is 155 Å². The molecule has 1 aliphatic heterocycles. The molecular weight excluding hydrogens is 363 g/mol. The van der Waals surface area contributed by atoms with E-state index >= 15 is 0 Å². The van der Waals surface area contributed by atoms with Gasteiger partial charge in [-0.1, -0.05) is 41.4 Å². The number of anilines is 1. The second kappa shape index (κ2) is 7.72. The highest BCUT2D eigenvalue weighted by molar-refractivity contribution is 6.38. The summed E-state index contributed by atoms with van der Waals surface area (Å²) in [6.45, 7) is 2.05. The molecule has 1 aromatic heterocycles. The van der Waals surface area contributed by atoms with Crippen molar-refractivity contribution in [3.8, 4) is 0 Å². The smallest absolute Gasteiger partial charge is 0.324 e. The van der Waals surface area contributed by atoms with Crippen molar-refractivity contribution in [3.63, 3.8) is 0 Å². The molecule has 0 spiro atoms. The van der Waals surface area contributed by atoms with Crippen molar-refractivity contribution in [3.05, 3.63) is 58.3 Å². The zero-order chi connectivity index (χ0) is 17.8. The highest BCUT2D eigenvalue weighted by atomic mass is 35.5. The highest BCUT2D eigenvalue weighted by Gasteiger charge is 2.25. The molecule has 2 aromatic rings. The minimum Gasteiger partial charge on any atom is -0.365 e. The van der Waals surface area contributed by atoms with Gasteiger partial charge in [0.1, 0.15) is 0 Å². The number of carbonyl (C=O) groups is 2. The maximum Gasteiger partial charge on any atom is 0.324 e. The topological polar surface area (TPSA) is 65.5 Å². The van der Waals surface area contributed by atoms with Gasteiger partial charge in [0.25, 0.3) is 5.91 Å². The maximum absolute atomic E-state index is 12.3. The number of benzene rings is 1. The standard InChI is InChI=1S/C17H16Cl2N4O2/c18-13-10-20-11-14(19)15(13)22-6-8-23(9-7-22)17(25)21-16(24)12-4-2-1-3-5-12/h1-5,10-11H,6-9H2,(H,21,24,25). The molecule has 2 heterocycles. The second-order valence-electron chi connectivity index (χ2n) is 5.55. The van der Waals surface area contributed by atoms with Crippen LogP contribution in [-0.4, -0.2) is 48.0 Å². The predicted octanol–water partition coefficient (Wildman–Crippen LogP) is 3.06. The molecule has 0 unspecified atom stereocenters. The van der Waals surface area contributed by atoms with Crippen LogP contribution in [0, 0.1) is 0 Å². The monoisotopic (exact) mass is 378 g/mol. The number of imide groups is 1. The average molecular weight is 379 g/mol. The van der Waals surface area contributed by atoms with E-state index in [0.29, 0.717) is 41.8 Å². The number of aromatic nitrogens is 1. The highest BCUT2D eigenvalue weighted by Crippen LogP contribution is 2.32. The van der Waals surface area contributed by atoms with Crippen LogP contribution in [0.15, 0.2) is 42.7 Å². The van der Waals surface area contributed by atoms with E-state index in [1.165, 1.54) is 0 Å². The van der Waals surface area contributed by atoms with Crippen molar-refractivity contribution >= 4 is 40.8 Å². The van der Waals surface area contributed by atoms with Crippen molar-refractivity contribution in [2.24, 2.45) is 0 Å². The van der Waals surface area contributed by atoms with Gasteiger partial charge in [0.2, 0.25) is 0 Å². The normalized spacial score (nSPS) is 14.3. The number of halogens is 2. The summed E-state index contributed by atoms with van der Waals surface area (Å²) in [5.74, 6) is -0.409. The van der Waals surface area contributed by atoms with Crippen LogP contribution in [0.25, 0.3) is 0 Å². The minimum absolute atomic E-state index is 0.402. The van der Waals surface area contributed by atoms with Gasteiger partial charge in [-0.3, -0.25) is 15.1 Å². The first kappa shape index (κ1) is 17.5. The summed E-state index contributed by atoms with van der Waals surface area (Å²) in [7, 11) is 0. The predicted molar refractivity (Wildman–Crippen MR) is 97.3 cm³/mol. The van der Waals surface area contributed by atoms with Gasteiger partial charge in [0, 0.05) is 44.1 Å². The Kier molecular flexibility index (Phi) is 5.40. The Bertz CT molecular complexity index is 757. The minimum atomic E-state index is -0.409. The summed E-state index contributed by atoms with van der Waals surface area (Å²) in [6.07, 6.45) is 3.08.